The summed E-state index contributed by atoms with van der Waals surface area (Å²) in [7, 11) is -3.46. The van der Waals surface area contributed by atoms with Crippen molar-refractivity contribution in [2.24, 2.45) is 11.7 Å². The monoisotopic (exact) mass is 432 g/mol. The van der Waals surface area contributed by atoms with Crippen molar-refractivity contribution in [3.63, 3.8) is 0 Å². The van der Waals surface area contributed by atoms with Gasteiger partial charge in [0.05, 0.1) is 10.4 Å². The second kappa shape index (κ2) is 7.79. The highest BCUT2D eigenvalue weighted by Gasteiger charge is 2.36. The van der Waals surface area contributed by atoms with E-state index in [1.807, 2.05) is 0 Å². The molecule has 150 valence electrons. The van der Waals surface area contributed by atoms with Gasteiger partial charge in [0.15, 0.2) is 5.82 Å². The minimum absolute atomic E-state index is 0. The lowest BCUT2D eigenvalue weighted by Crippen LogP contribution is -2.37. The van der Waals surface area contributed by atoms with E-state index in [1.54, 1.807) is 16.4 Å². The molecule has 1 saturated carbocycles. The van der Waals surface area contributed by atoms with Crippen molar-refractivity contribution in [2.45, 2.75) is 55.2 Å². The summed E-state index contributed by atoms with van der Waals surface area (Å²) in [5.74, 6) is 1.44. The van der Waals surface area contributed by atoms with E-state index in [1.165, 1.54) is 11.3 Å². The Bertz CT molecular complexity index is 882. The summed E-state index contributed by atoms with van der Waals surface area (Å²) in [6.45, 7) is 3.32. The van der Waals surface area contributed by atoms with Gasteiger partial charge in [-0.3, -0.25) is 0 Å². The number of thiophene rings is 1. The molecule has 0 aromatic carbocycles. The Morgan fingerprint density at radius 2 is 1.93 bits per heavy atom. The van der Waals surface area contributed by atoms with Gasteiger partial charge in [0.1, 0.15) is 4.21 Å². The second-order valence-electron chi connectivity index (χ2n) is 7.49. The first-order chi connectivity index (χ1) is 12.4. The van der Waals surface area contributed by atoms with E-state index in [-0.39, 0.29) is 12.4 Å². The van der Waals surface area contributed by atoms with Crippen LogP contribution in [0.25, 0.3) is 10.8 Å². The van der Waals surface area contributed by atoms with Gasteiger partial charge in [-0.2, -0.15) is 9.29 Å². The summed E-state index contributed by atoms with van der Waals surface area (Å²) in [4.78, 5) is 5.11. The highest BCUT2D eigenvalue weighted by atomic mass is 35.5. The van der Waals surface area contributed by atoms with Gasteiger partial charge < -0.3 is 10.3 Å². The summed E-state index contributed by atoms with van der Waals surface area (Å²) >= 11 is 1.18. The lowest BCUT2D eigenvalue weighted by molar-refractivity contribution is 0.288. The Hall–Kier alpha value is -1.00. The third kappa shape index (κ3) is 3.93. The van der Waals surface area contributed by atoms with E-state index in [9.17, 15) is 8.42 Å². The molecule has 0 atom stereocenters. The number of sulfonamides is 1. The van der Waals surface area contributed by atoms with Crippen molar-refractivity contribution in [3.05, 3.63) is 18.0 Å². The highest BCUT2D eigenvalue weighted by molar-refractivity contribution is 7.91. The molecule has 27 heavy (non-hydrogen) atoms. The predicted octanol–water partition coefficient (Wildman–Crippen LogP) is 3.37. The maximum absolute atomic E-state index is 12.9. The fourth-order valence-corrected chi connectivity index (χ4v) is 6.53. The first-order valence-corrected chi connectivity index (χ1v) is 11.4. The summed E-state index contributed by atoms with van der Waals surface area (Å²) in [6.07, 6.45) is 5.64. The van der Waals surface area contributed by atoms with Crippen LogP contribution in [0.4, 0.5) is 0 Å². The van der Waals surface area contributed by atoms with E-state index in [2.05, 4.69) is 17.1 Å². The topological polar surface area (TPSA) is 102 Å². The first kappa shape index (κ1) is 20.7. The van der Waals surface area contributed by atoms with Crippen molar-refractivity contribution < 1.29 is 12.9 Å². The summed E-state index contributed by atoms with van der Waals surface area (Å²) in [6, 6.07) is 3.37. The van der Waals surface area contributed by atoms with Gasteiger partial charge in [-0.05, 0) is 43.7 Å². The van der Waals surface area contributed by atoms with Crippen molar-refractivity contribution in [1.29, 1.82) is 0 Å². The zero-order valence-corrected chi connectivity index (χ0v) is 17.7. The summed E-state index contributed by atoms with van der Waals surface area (Å²) in [5.41, 5.74) is 5.86. The normalized spacial score (nSPS) is 21.3. The fourth-order valence-electron chi connectivity index (χ4n) is 3.68. The van der Waals surface area contributed by atoms with Crippen LogP contribution in [0.15, 0.2) is 20.9 Å². The molecule has 1 saturated heterocycles. The maximum atomic E-state index is 12.9. The van der Waals surface area contributed by atoms with Gasteiger partial charge in [-0.1, -0.05) is 24.9 Å². The maximum Gasteiger partial charge on any atom is 0.268 e. The van der Waals surface area contributed by atoms with Crippen LogP contribution in [0.3, 0.4) is 0 Å². The Kier molecular flexibility index (Phi) is 5.98. The standard InChI is InChI=1S/C17H24N4O3S2.ClH/c1-12-6-10-21(11-7-12)26(22,23)14-5-4-13(25-14)15-19-16(20-24-15)17(18)8-2-3-9-17;/h4-5,12H,2-3,6-11,18H2,1H3;1H. The van der Waals surface area contributed by atoms with E-state index in [4.69, 9.17) is 10.3 Å². The number of hydrogen-bond donors (Lipinski definition) is 1. The van der Waals surface area contributed by atoms with E-state index >= 15 is 0 Å². The average Bonchev–Trinajstić information content (AvgIpc) is 3.35. The Morgan fingerprint density at radius 3 is 2.59 bits per heavy atom. The van der Waals surface area contributed by atoms with E-state index < -0.39 is 15.6 Å². The molecule has 2 fully saturated rings. The molecule has 0 radical (unpaired) electrons. The van der Waals surface area contributed by atoms with Crippen molar-refractivity contribution >= 4 is 33.8 Å². The minimum Gasteiger partial charge on any atom is -0.333 e. The number of rotatable bonds is 4. The third-order valence-corrected chi connectivity index (χ3v) is 8.94. The predicted molar refractivity (Wildman–Crippen MR) is 106 cm³/mol. The molecule has 1 aliphatic heterocycles. The number of hydrogen-bond acceptors (Lipinski definition) is 7. The average molecular weight is 433 g/mol. The zero-order chi connectivity index (χ0) is 18.4. The smallest absolute Gasteiger partial charge is 0.268 e. The number of nitrogens with two attached hydrogens (primary N) is 1. The van der Waals surface area contributed by atoms with Crippen LogP contribution in [0.1, 0.15) is 51.3 Å². The zero-order valence-electron chi connectivity index (χ0n) is 15.3. The van der Waals surface area contributed by atoms with Crippen molar-refractivity contribution in [3.8, 4) is 10.8 Å². The Balaban J connectivity index is 0.00000210. The minimum atomic E-state index is -3.46. The number of piperidine rings is 1. The van der Waals surface area contributed by atoms with Crippen LogP contribution in [0.5, 0.6) is 0 Å². The molecule has 2 aromatic heterocycles. The Morgan fingerprint density at radius 1 is 1.26 bits per heavy atom. The van der Waals surface area contributed by atoms with Crippen molar-refractivity contribution in [2.75, 3.05) is 13.1 Å². The highest BCUT2D eigenvalue weighted by Crippen LogP contribution is 2.37. The van der Waals surface area contributed by atoms with E-state index in [0.29, 0.717) is 39.8 Å². The largest absolute Gasteiger partial charge is 0.333 e. The molecule has 2 aromatic rings. The molecule has 2 aliphatic rings. The molecule has 2 N–H and O–H groups in total. The van der Waals surface area contributed by atoms with Crippen LogP contribution in [-0.2, 0) is 15.6 Å². The molecule has 4 rings (SSSR count). The fraction of sp³-hybridized carbons (Fsp3) is 0.647. The molecule has 7 nitrogen and oxygen atoms in total. The molecule has 0 unspecified atom stereocenters. The first-order valence-electron chi connectivity index (χ1n) is 9.12. The molecule has 10 heteroatoms. The van der Waals surface area contributed by atoms with Crippen LogP contribution in [0.2, 0.25) is 0 Å². The van der Waals surface area contributed by atoms with Gasteiger partial charge >= 0.3 is 0 Å². The van der Waals surface area contributed by atoms with Crippen LogP contribution >= 0.6 is 23.7 Å². The third-order valence-electron chi connectivity index (χ3n) is 5.50. The van der Waals surface area contributed by atoms with Gasteiger partial charge in [0, 0.05) is 13.1 Å². The lowest BCUT2D eigenvalue weighted by atomic mass is 9.99. The van der Waals surface area contributed by atoms with Gasteiger partial charge in [0.2, 0.25) is 0 Å². The number of nitrogens with zero attached hydrogens (tertiary/aromatic N) is 3. The quantitative estimate of drug-likeness (QED) is 0.794. The second-order valence-corrected chi connectivity index (χ2v) is 10.7. The van der Waals surface area contributed by atoms with Crippen LogP contribution in [-0.4, -0.2) is 36.0 Å². The molecule has 0 spiro atoms. The summed E-state index contributed by atoms with van der Waals surface area (Å²) < 4.78 is 33.0. The van der Waals surface area contributed by atoms with Gasteiger partial charge in [-0.15, -0.1) is 23.7 Å². The SMILES string of the molecule is CC1CCN(S(=O)(=O)c2ccc(-c3nc(C4(N)CCCC4)no3)s2)CC1.Cl. The van der Waals surface area contributed by atoms with Gasteiger partial charge in [-0.25, -0.2) is 8.42 Å². The van der Waals surface area contributed by atoms with Crippen LogP contribution in [0, 0.1) is 5.92 Å². The molecular weight excluding hydrogens is 408 g/mol. The molecule has 3 heterocycles. The summed E-state index contributed by atoms with van der Waals surface area (Å²) in [5, 5.41) is 4.05. The molecular formula is C17H25ClN4O3S2. The number of halogens is 1. The number of aromatic nitrogens is 2. The van der Waals surface area contributed by atoms with Crippen molar-refractivity contribution in [1.82, 2.24) is 14.4 Å². The Labute approximate surface area is 169 Å². The van der Waals surface area contributed by atoms with Gasteiger partial charge in [0.25, 0.3) is 15.9 Å². The molecule has 0 bridgehead atoms. The molecule has 1 aliphatic carbocycles. The molecule has 0 amide bonds. The lowest BCUT2D eigenvalue weighted by Gasteiger charge is -2.28. The van der Waals surface area contributed by atoms with E-state index in [0.717, 1.165) is 38.5 Å². The van der Waals surface area contributed by atoms with Crippen LogP contribution < -0.4 is 5.73 Å².